The van der Waals surface area contributed by atoms with Crippen molar-refractivity contribution in [2.75, 3.05) is 0 Å². The summed E-state index contributed by atoms with van der Waals surface area (Å²) in [5, 5.41) is 5.87. The van der Waals surface area contributed by atoms with Gasteiger partial charge in [-0.2, -0.15) is 0 Å². The Morgan fingerprint density at radius 2 is 1.29 bits per heavy atom. The predicted octanol–water partition coefficient (Wildman–Crippen LogP) is 11.5. The van der Waals surface area contributed by atoms with Crippen LogP contribution < -0.4 is 0 Å². The van der Waals surface area contributed by atoms with Crippen LogP contribution in [0.25, 0.3) is 82.6 Å². The van der Waals surface area contributed by atoms with Gasteiger partial charge in [-0.3, -0.25) is 4.40 Å². The van der Waals surface area contributed by atoms with Crippen LogP contribution >= 0.6 is 0 Å². The average Bonchev–Trinajstić information content (AvgIpc) is 3.70. The molecule has 0 spiro atoms. The van der Waals surface area contributed by atoms with Crippen LogP contribution in [0.15, 0.2) is 132 Å². The molecule has 3 heterocycles. The van der Waals surface area contributed by atoms with E-state index < -0.39 is 0 Å². The molecule has 0 saturated heterocycles. The standard InChI is InChI=1S/C42H30N2O/c1-25-20-26(2)40(27(3)21-25)31-14-16-35-36(24-31)37-23-29(15-17-38(37)44-19-18-43-42(35)44)28-8-6-9-30(22-28)32-11-7-12-34-33-10-4-5-13-39(33)45-41(32)34/h4-24H,1-3H3. The molecule has 214 valence electrons. The van der Waals surface area contributed by atoms with E-state index >= 15 is 0 Å². The van der Waals surface area contributed by atoms with Gasteiger partial charge in [0.05, 0.1) is 5.52 Å². The first-order valence-electron chi connectivity index (χ1n) is 15.5. The maximum absolute atomic E-state index is 6.38. The quantitative estimate of drug-likeness (QED) is 0.195. The van der Waals surface area contributed by atoms with Crippen LogP contribution in [0, 0.1) is 20.8 Å². The minimum Gasteiger partial charge on any atom is -0.455 e. The fraction of sp³-hybridized carbons (Fsp3) is 0.0714. The Morgan fingerprint density at radius 3 is 2.18 bits per heavy atom. The maximum atomic E-state index is 6.38. The van der Waals surface area contributed by atoms with E-state index in [1.165, 1.54) is 49.7 Å². The van der Waals surface area contributed by atoms with Crippen molar-refractivity contribution in [1.82, 2.24) is 9.38 Å². The second-order valence-corrected chi connectivity index (χ2v) is 12.2. The molecule has 3 nitrogen and oxygen atoms in total. The number of rotatable bonds is 3. The molecule has 45 heavy (non-hydrogen) atoms. The van der Waals surface area contributed by atoms with Gasteiger partial charge >= 0.3 is 0 Å². The first-order chi connectivity index (χ1) is 22.0. The summed E-state index contributed by atoms with van der Waals surface area (Å²) < 4.78 is 8.60. The lowest BCUT2D eigenvalue weighted by molar-refractivity contribution is 0.670. The molecule has 0 unspecified atom stereocenters. The summed E-state index contributed by atoms with van der Waals surface area (Å²) in [7, 11) is 0. The number of hydrogen-bond donors (Lipinski definition) is 0. The summed E-state index contributed by atoms with van der Waals surface area (Å²) in [6, 6.07) is 41.7. The maximum Gasteiger partial charge on any atom is 0.145 e. The van der Waals surface area contributed by atoms with Crippen molar-refractivity contribution in [2.24, 2.45) is 0 Å². The fourth-order valence-electron chi connectivity index (χ4n) is 7.43. The van der Waals surface area contributed by atoms with E-state index in [1.807, 2.05) is 18.3 Å². The Hall–Kier alpha value is -5.67. The van der Waals surface area contributed by atoms with E-state index in [2.05, 4.69) is 134 Å². The molecule has 0 fully saturated rings. The normalized spacial score (nSPS) is 11.9. The highest BCUT2D eigenvalue weighted by Crippen LogP contribution is 2.39. The number of aryl methyl sites for hydroxylation is 3. The Bertz CT molecular complexity index is 2610. The number of benzene rings is 6. The number of pyridine rings is 1. The van der Waals surface area contributed by atoms with Crippen LogP contribution in [0.5, 0.6) is 0 Å². The van der Waals surface area contributed by atoms with Gasteiger partial charge in [-0.25, -0.2) is 4.98 Å². The van der Waals surface area contributed by atoms with Crippen LogP contribution in [-0.2, 0) is 0 Å². The van der Waals surface area contributed by atoms with Crippen molar-refractivity contribution in [3.8, 4) is 33.4 Å². The third-order valence-corrected chi connectivity index (χ3v) is 9.32. The molecule has 0 N–H and O–H groups in total. The Labute approximate surface area is 261 Å². The molecule has 6 aromatic carbocycles. The number of imidazole rings is 1. The zero-order valence-corrected chi connectivity index (χ0v) is 25.4. The number of para-hydroxylation sites is 2. The molecular weight excluding hydrogens is 548 g/mol. The van der Waals surface area contributed by atoms with Gasteiger partial charge in [0.1, 0.15) is 16.8 Å². The summed E-state index contributed by atoms with van der Waals surface area (Å²) in [5.74, 6) is 0. The summed E-state index contributed by atoms with van der Waals surface area (Å²) in [4.78, 5) is 4.77. The van der Waals surface area contributed by atoms with E-state index in [0.717, 1.165) is 49.6 Å². The first kappa shape index (κ1) is 25.8. The number of furan rings is 1. The predicted molar refractivity (Wildman–Crippen MR) is 188 cm³/mol. The van der Waals surface area contributed by atoms with Crippen molar-refractivity contribution in [2.45, 2.75) is 20.8 Å². The van der Waals surface area contributed by atoms with E-state index in [9.17, 15) is 0 Å². The Balaban J connectivity index is 1.25. The second kappa shape index (κ2) is 9.67. The molecule has 3 aromatic heterocycles. The van der Waals surface area contributed by atoms with Gasteiger partial charge in [-0.15, -0.1) is 0 Å². The fourth-order valence-corrected chi connectivity index (χ4v) is 7.43. The number of hydrogen-bond acceptors (Lipinski definition) is 2. The summed E-state index contributed by atoms with van der Waals surface area (Å²) >= 11 is 0. The first-order valence-corrected chi connectivity index (χ1v) is 15.5. The average molecular weight is 579 g/mol. The molecular formula is C42H30N2O. The lowest BCUT2D eigenvalue weighted by Crippen LogP contribution is -1.94. The molecule has 0 atom stereocenters. The molecule has 9 rings (SSSR count). The van der Waals surface area contributed by atoms with Gasteiger partial charge in [-0.05, 0) is 101 Å². The highest BCUT2D eigenvalue weighted by atomic mass is 16.3. The van der Waals surface area contributed by atoms with Crippen LogP contribution in [0.3, 0.4) is 0 Å². The molecule has 0 saturated carbocycles. The molecule has 0 aliphatic heterocycles. The smallest absolute Gasteiger partial charge is 0.145 e. The lowest BCUT2D eigenvalue weighted by Gasteiger charge is -2.15. The van der Waals surface area contributed by atoms with E-state index in [-0.39, 0.29) is 0 Å². The Kier molecular flexibility index (Phi) is 5.54. The minimum absolute atomic E-state index is 0.915. The number of aromatic nitrogens is 2. The number of nitrogens with zero attached hydrogens (tertiary/aromatic N) is 2. The molecule has 0 amide bonds. The molecule has 0 bridgehead atoms. The highest BCUT2D eigenvalue weighted by Gasteiger charge is 2.16. The van der Waals surface area contributed by atoms with Crippen molar-refractivity contribution in [1.29, 1.82) is 0 Å². The third kappa shape index (κ3) is 3.94. The van der Waals surface area contributed by atoms with Crippen LogP contribution in [0.2, 0.25) is 0 Å². The largest absolute Gasteiger partial charge is 0.455 e. The minimum atomic E-state index is 0.915. The zero-order chi connectivity index (χ0) is 30.2. The van der Waals surface area contributed by atoms with Gasteiger partial charge in [0, 0.05) is 39.5 Å². The molecule has 0 radical (unpaired) electrons. The topological polar surface area (TPSA) is 30.4 Å². The van der Waals surface area contributed by atoms with E-state index in [0.29, 0.717) is 0 Å². The molecule has 3 heteroatoms. The van der Waals surface area contributed by atoms with Crippen LogP contribution in [0.1, 0.15) is 16.7 Å². The van der Waals surface area contributed by atoms with Gasteiger partial charge in [0.25, 0.3) is 0 Å². The second-order valence-electron chi connectivity index (χ2n) is 12.2. The van der Waals surface area contributed by atoms with Crippen LogP contribution in [0.4, 0.5) is 0 Å². The van der Waals surface area contributed by atoms with Crippen molar-refractivity contribution in [3.05, 3.63) is 144 Å². The Morgan fingerprint density at radius 1 is 0.556 bits per heavy atom. The van der Waals surface area contributed by atoms with E-state index in [4.69, 9.17) is 9.40 Å². The van der Waals surface area contributed by atoms with E-state index in [1.54, 1.807) is 0 Å². The molecule has 0 aliphatic carbocycles. The van der Waals surface area contributed by atoms with Crippen LogP contribution in [-0.4, -0.2) is 9.38 Å². The SMILES string of the molecule is Cc1cc(C)c(-c2ccc3c(c2)c2cc(-c4cccc(-c5cccc6c5oc5ccccc56)c4)ccc2n2ccnc32)c(C)c1. The van der Waals surface area contributed by atoms with Gasteiger partial charge in [0.2, 0.25) is 0 Å². The molecule has 9 aromatic rings. The number of fused-ring (bicyclic) bond motifs is 9. The summed E-state index contributed by atoms with van der Waals surface area (Å²) in [6.07, 6.45) is 3.96. The van der Waals surface area contributed by atoms with Gasteiger partial charge < -0.3 is 4.42 Å². The van der Waals surface area contributed by atoms with Crippen molar-refractivity contribution >= 4 is 49.3 Å². The zero-order valence-electron chi connectivity index (χ0n) is 25.4. The highest BCUT2D eigenvalue weighted by molar-refractivity contribution is 6.14. The van der Waals surface area contributed by atoms with Gasteiger partial charge in [0.15, 0.2) is 0 Å². The van der Waals surface area contributed by atoms with Crippen molar-refractivity contribution in [3.63, 3.8) is 0 Å². The van der Waals surface area contributed by atoms with Crippen molar-refractivity contribution < 1.29 is 4.42 Å². The lowest BCUT2D eigenvalue weighted by atomic mass is 9.91. The summed E-state index contributed by atoms with van der Waals surface area (Å²) in [5.41, 5.74) is 15.0. The monoisotopic (exact) mass is 578 g/mol. The van der Waals surface area contributed by atoms with Gasteiger partial charge in [-0.1, -0.05) is 84.4 Å². The summed E-state index contributed by atoms with van der Waals surface area (Å²) in [6.45, 7) is 6.60. The third-order valence-electron chi connectivity index (χ3n) is 9.32. The molecule has 0 aliphatic rings.